The Kier molecular flexibility index (Phi) is 6.04. The van der Waals surface area contributed by atoms with Crippen LogP contribution in [-0.2, 0) is 11.3 Å². The minimum atomic E-state index is -0.0360. The maximum atomic E-state index is 12.9. The van der Waals surface area contributed by atoms with Crippen molar-refractivity contribution in [3.05, 3.63) is 82.8 Å². The van der Waals surface area contributed by atoms with Crippen LogP contribution >= 0.6 is 11.3 Å². The Labute approximate surface area is 152 Å². The zero-order valence-electron chi connectivity index (χ0n) is 14.0. The number of rotatable bonds is 8. The fourth-order valence-electron chi connectivity index (χ4n) is 2.90. The third kappa shape index (κ3) is 4.59. The first kappa shape index (κ1) is 17.5. The molecule has 1 atom stereocenters. The number of hydrogen-bond donors (Lipinski definition) is 1. The van der Waals surface area contributed by atoms with E-state index in [-0.39, 0.29) is 18.6 Å². The molecule has 0 saturated heterocycles. The van der Waals surface area contributed by atoms with E-state index in [4.69, 9.17) is 0 Å². The van der Waals surface area contributed by atoms with Crippen LogP contribution < -0.4 is 0 Å². The third-order valence-corrected chi connectivity index (χ3v) is 5.14. The lowest BCUT2D eigenvalue weighted by atomic mass is 10.1. The Morgan fingerprint density at radius 2 is 1.84 bits per heavy atom. The van der Waals surface area contributed by atoms with E-state index in [9.17, 15) is 9.90 Å². The van der Waals surface area contributed by atoms with Crippen molar-refractivity contribution in [1.82, 2.24) is 9.47 Å². The highest BCUT2D eigenvalue weighted by molar-refractivity contribution is 7.10. The van der Waals surface area contributed by atoms with Gasteiger partial charge in [0.05, 0.1) is 19.1 Å². The van der Waals surface area contributed by atoms with Crippen LogP contribution in [-0.4, -0.2) is 33.6 Å². The Bertz CT molecular complexity index is 720. The fourth-order valence-corrected chi connectivity index (χ4v) is 3.73. The average Bonchev–Trinajstić information content (AvgIpc) is 3.34. The SMILES string of the molecule is O=C(C[C@H](c1cccs1)n1cccc1)N(CCO)Cc1ccccc1. The second-order valence-electron chi connectivity index (χ2n) is 5.89. The number of carbonyl (C=O) groups excluding carboxylic acids is 1. The summed E-state index contributed by atoms with van der Waals surface area (Å²) in [4.78, 5) is 15.8. The predicted octanol–water partition coefficient (Wildman–Crippen LogP) is 3.55. The highest BCUT2D eigenvalue weighted by Crippen LogP contribution is 2.27. The van der Waals surface area contributed by atoms with Crippen molar-refractivity contribution in [2.24, 2.45) is 0 Å². The molecule has 0 bridgehead atoms. The molecule has 2 aromatic heterocycles. The summed E-state index contributed by atoms with van der Waals surface area (Å²) in [7, 11) is 0. The molecule has 130 valence electrons. The van der Waals surface area contributed by atoms with Gasteiger partial charge in [0.25, 0.3) is 0 Å². The summed E-state index contributed by atoms with van der Waals surface area (Å²) in [6.45, 7) is 0.825. The van der Waals surface area contributed by atoms with Crippen molar-refractivity contribution in [3.63, 3.8) is 0 Å². The molecule has 1 amide bonds. The van der Waals surface area contributed by atoms with Crippen LogP contribution in [0.15, 0.2) is 72.4 Å². The van der Waals surface area contributed by atoms with Crippen LogP contribution in [0.5, 0.6) is 0 Å². The molecule has 1 aromatic carbocycles. The van der Waals surface area contributed by atoms with Crippen LogP contribution in [0, 0.1) is 0 Å². The van der Waals surface area contributed by atoms with Gasteiger partial charge in [-0.1, -0.05) is 36.4 Å². The van der Waals surface area contributed by atoms with Gasteiger partial charge < -0.3 is 14.6 Å². The highest BCUT2D eigenvalue weighted by Gasteiger charge is 2.22. The second kappa shape index (κ2) is 8.65. The molecular formula is C20H22N2O2S. The summed E-state index contributed by atoms with van der Waals surface area (Å²) < 4.78 is 2.07. The Balaban J connectivity index is 1.76. The van der Waals surface area contributed by atoms with E-state index in [2.05, 4.69) is 10.6 Å². The molecule has 0 aliphatic rings. The minimum Gasteiger partial charge on any atom is -0.395 e. The summed E-state index contributed by atoms with van der Waals surface area (Å²) in [5.41, 5.74) is 1.07. The zero-order valence-corrected chi connectivity index (χ0v) is 14.8. The smallest absolute Gasteiger partial charge is 0.225 e. The molecule has 4 nitrogen and oxygen atoms in total. The van der Waals surface area contributed by atoms with Crippen LogP contribution in [0.3, 0.4) is 0 Å². The van der Waals surface area contributed by atoms with Crippen molar-refractivity contribution in [1.29, 1.82) is 0 Å². The fraction of sp³-hybridized carbons (Fsp3) is 0.250. The van der Waals surface area contributed by atoms with Crippen molar-refractivity contribution in [2.45, 2.75) is 19.0 Å². The largest absolute Gasteiger partial charge is 0.395 e. The van der Waals surface area contributed by atoms with E-state index in [1.807, 2.05) is 66.3 Å². The number of nitrogens with zero attached hydrogens (tertiary/aromatic N) is 2. The molecular weight excluding hydrogens is 332 g/mol. The van der Waals surface area contributed by atoms with Gasteiger partial charge in [0, 0.05) is 30.4 Å². The normalized spacial score (nSPS) is 12.0. The molecule has 5 heteroatoms. The molecule has 25 heavy (non-hydrogen) atoms. The first-order chi connectivity index (χ1) is 12.3. The quantitative estimate of drug-likeness (QED) is 0.672. The zero-order chi connectivity index (χ0) is 17.5. The Morgan fingerprint density at radius 1 is 1.08 bits per heavy atom. The number of thiophene rings is 1. The first-order valence-corrected chi connectivity index (χ1v) is 9.24. The molecule has 0 fully saturated rings. The lowest BCUT2D eigenvalue weighted by Gasteiger charge is -2.25. The van der Waals surface area contributed by atoms with Gasteiger partial charge in [-0.15, -0.1) is 11.3 Å². The summed E-state index contributed by atoms with van der Waals surface area (Å²) in [6, 6.07) is 17.9. The molecule has 0 radical (unpaired) electrons. The van der Waals surface area contributed by atoms with Crippen LogP contribution in [0.25, 0.3) is 0 Å². The van der Waals surface area contributed by atoms with Gasteiger partial charge in [0.2, 0.25) is 5.91 Å². The topological polar surface area (TPSA) is 45.5 Å². The van der Waals surface area contributed by atoms with E-state index in [1.54, 1.807) is 16.2 Å². The number of amides is 1. The molecule has 2 heterocycles. The van der Waals surface area contributed by atoms with Crippen LogP contribution in [0.4, 0.5) is 0 Å². The van der Waals surface area contributed by atoms with E-state index in [1.165, 1.54) is 0 Å². The van der Waals surface area contributed by atoms with Crippen LogP contribution in [0.1, 0.15) is 22.9 Å². The monoisotopic (exact) mass is 354 g/mol. The number of aliphatic hydroxyl groups is 1. The van der Waals surface area contributed by atoms with Crippen molar-refractivity contribution >= 4 is 17.2 Å². The molecule has 3 aromatic rings. The van der Waals surface area contributed by atoms with Gasteiger partial charge >= 0.3 is 0 Å². The van der Waals surface area contributed by atoms with Gasteiger partial charge in [0.15, 0.2) is 0 Å². The lowest BCUT2D eigenvalue weighted by Crippen LogP contribution is -2.34. The lowest BCUT2D eigenvalue weighted by molar-refractivity contribution is -0.132. The molecule has 0 spiro atoms. The van der Waals surface area contributed by atoms with E-state index >= 15 is 0 Å². The van der Waals surface area contributed by atoms with Gasteiger partial charge in [-0.05, 0) is 29.1 Å². The Hall–Kier alpha value is -2.37. The molecule has 1 N–H and O–H groups in total. The maximum absolute atomic E-state index is 12.9. The Morgan fingerprint density at radius 3 is 2.48 bits per heavy atom. The minimum absolute atomic E-state index is 0.0144. The van der Waals surface area contributed by atoms with E-state index in [0.717, 1.165) is 10.4 Å². The number of aliphatic hydroxyl groups excluding tert-OH is 1. The highest BCUT2D eigenvalue weighted by atomic mass is 32.1. The summed E-state index contributed by atoms with van der Waals surface area (Å²) in [6.07, 6.45) is 4.36. The third-order valence-electron chi connectivity index (χ3n) is 4.17. The average molecular weight is 354 g/mol. The molecule has 0 aliphatic heterocycles. The summed E-state index contributed by atoms with van der Waals surface area (Å²) in [5, 5.41) is 11.4. The number of benzene rings is 1. The summed E-state index contributed by atoms with van der Waals surface area (Å²) in [5.74, 6) is 0.0463. The van der Waals surface area contributed by atoms with Crippen molar-refractivity contribution in [2.75, 3.05) is 13.2 Å². The number of carbonyl (C=O) groups is 1. The van der Waals surface area contributed by atoms with Gasteiger partial charge in [-0.3, -0.25) is 4.79 Å². The second-order valence-corrected chi connectivity index (χ2v) is 6.87. The number of aromatic nitrogens is 1. The summed E-state index contributed by atoms with van der Waals surface area (Å²) >= 11 is 1.66. The predicted molar refractivity (Wildman–Crippen MR) is 100 cm³/mol. The van der Waals surface area contributed by atoms with E-state index in [0.29, 0.717) is 19.5 Å². The van der Waals surface area contributed by atoms with Crippen LogP contribution in [0.2, 0.25) is 0 Å². The van der Waals surface area contributed by atoms with E-state index < -0.39 is 0 Å². The molecule has 0 saturated carbocycles. The first-order valence-electron chi connectivity index (χ1n) is 8.36. The van der Waals surface area contributed by atoms with Gasteiger partial charge in [-0.2, -0.15) is 0 Å². The molecule has 0 unspecified atom stereocenters. The standard InChI is InChI=1S/C20H22N2O2S/c23-13-12-22(16-17-7-2-1-3-8-17)20(24)15-18(19-9-6-14-25-19)21-10-4-5-11-21/h1-11,14,18,23H,12-13,15-16H2/t18-/m1/s1. The number of hydrogen-bond acceptors (Lipinski definition) is 3. The van der Waals surface area contributed by atoms with Crippen molar-refractivity contribution in [3.8, 4) is 0 Å². The molecule has 0 aliphatic carbocycles. The van der Waals surface area contributed by atoms with Crippen molar-refractivity contribution < 1.29 is 9.90 Å². The maximum Gasteiger partial charge on any atom is 0.225 e. The van der Waals surface area contributed by atoms with Gasteiger partial charge in [0.1, 0.15) is 0 Å². The molecule has 3 rings (SSSR count). The van der Waals surface area contributed by atoms with Gasteiger partial charge in [-0.25, -0.2) is 0 Å².